The normalized spacial score (nSPS) is 11.6. The van der Waals surface area contributed by atoms with Gasteiger partial charge >= 0.3 is 5.97 Å². The van der Waals surface area contributed by atoms with E-state index < -0.39 is 16.0 Å². The summed E-state index contributed by atoms with van der Waals surface area (Å²) in [6.45, 7) is 3.49. The second kappa shape index (κ2) is 6.62. The van der Waals surface area contributed by atoms with Gasteiger partial charge in [-0.3, -0.25) is 0 Å². The minimum absolute atomic E-state index is 0.0437. The van der Waals surface area contributed by atoms with E-state index in [2.05, 4.69) is 9.93 Å². The van der Waals surface area contributed by atoms with E-state index >= 15 is 0 Å². The van der Waals surface area contributed by atoms with Gasteiger partial charge in [-0.05, 0) is 37.1 Å². The molecule has 0 saturated heterocycles. The number of benzene rings is 2. The summed E-state index contributed by atoms with van der Waals surface area (Å²) in [5.41, 5.74) is 1.77. The van der Waals surface area contributed by atoms with Gasteiger partial charge in [-0.1, -0.05) is 30.3 Å². The lowest BCUT2D eigenvalue weighted by Crippen LogP contribution is -2.19. The highest BCUT2D eigenvalue weighted by Gasteiger charge is 2.16. The van der Waals surface area contributed by atoms with Gasteiger partial charge < -0.3 is 5.11 Å². The molecular formula is C16H16N2O4S. The molecule has 0 aliphatic heterocycles. The van der Waals surface area contributed by atoms with Crippen LogP contribution in [0.1, 0.15) is 27.0 Å². The first-order valence-corrected chi connectivity index (χ1v) is 8.24. The lowest BCUT2D eigenvalue weighted by atomic mass is 10.1. The molecule has 0 aromatic heterocycles. The quantitative estimate of drug-likeness (QED) is 0.649. The predicted molar refractivity (Wildman–Crippen MR) is 87.2 cm³/mol. The Morgan fingerprint density at radius 1 is 1.17 bits per heavy atom. The Morgan fingerprint density at radius 2 is 1.87 bits per heavy atom. The van der Waals surface area contributed by atoms with E-state index in [1.54, 1.807) is 44.2 Å². The van der Waals surface area contributed by atoms with Crippen LogP contribution >= 0.6 is 0 Å². The molecule has 0 aliphatic carbocycles. The van der Waals surface area contributed by atoms with E-state index in [1.165, 1.54) is 12.3 Å². The van der Waals surface area contributed by atoms with Crippen LogP contribution in [-0.4, -0.2) is 25.7 Å². The third kappa shape index (κ3) is 3.95. The maximum absolute atomic E-state index is 12.3. The van der Waals surface area contributed by atoms with Crippen LogP contribution in [-0.2, 0) is 10.0 Å². The Kier molecular flexibility index (Phi) is 4.80. The van der Waals surface area contributed by atoms with Gasteiger partial charge in [0, 0.05) is 5.56 Å². The summed E-state index contributed by atoms with van der Waals surface area (Å²) in [6.07, 6.45) is 1.17. The smallest absolute Gasteiger partial charge is 0.336 e. The van der Waals surface area contributed by atoms with Crippen molar-refractivity contribution in [3.8, 4) is 0 Å². The van der Waals surface area contributed by atoms with E-state index in [9.17, 15) is 13.2 Å². The number of aromatic carboxylic acids is 1. The largest absolute Gasteiger partial charge is 0.478 e. The van der Waals surface area contributed by atoms with Crippen LogP contribution in [0.5, 0.6) is 0 Å². The van der Waals surface area contributed by atoms with Gasteiger partial charge in [0.1, 0.15) is 0 Å². The van der Waals surface area contributed by atoms with Gasteiger partial charge in [0.15, 0.2) is 0 Å². The van der Waals surface area contributed by atoms with Crippen molar-refractivity contribution in [3.63, 3.8) is 0 Å². The number of aryl methyl sites for hydroxylation is 2. The van der Waals surface area contributed by atoms with Gasteiger partial charge in [-0.25, -0.2) is 9.63 Å². The zero-order valence-electron chi connectivity index (χ0n) is 12.6. The molecule has 7 heteroatoms. The van der Waals surface area contributed by atoms with Crippen LogP contribution in [0.3, 0.4) is 0 Å². The van der Waals surface area contributed by atoms with Crippen LogP contribution in [0.2, 0.25) is 0 Å². The monoisotopic (exact) mass is 332 g/mol. The second-order valence-electron chi connectivity index (χ2n) is 5.01. The zero-order chi connectivity index (χ0) is 17.0. The highest BCUT2D eigenvalue weighted by atomic mass is 32.2. The lowest BCUT2D eigenvalue weighted by Gasteiger charge is -2.07. The zero-order valence-corrected chi connectivity index (χ0v) is 13.5. The molecule has 0 amide bonds. The van der Waals surface area contributed by atoms with Crippen molar-refractivity contribution in [2.24, 2.45) is 5.10 Å². The topological polar surface area (TPSA) is 95.8 Å². The number of carboxylic acids is 1. The van der Waals surface area contributed by atoms with E-state index in [4.69, 9.17) is 5.11 Å². The first kappa shape index (κ1) is 16.7. The Morgan fingerprint density at radius 3 is 2.57 bits per heavy atom. The van der Waals surface area contributed by atoms with Gasteiger partial charge in [0.2, 0.25) is 0 Å². The molecule has 0 bridgehead atoms. The summed E-state index contributed by atoms with van der Waals surface area (Å²) in [7, 11) is -3.81. The summed E-state index contributed by atoms with van der Waals surface area (Å²) in [5, 5.41) is 12.7. The van der Waals surface area contributed by atoms with Crippen molar-refractivity contribution < 1.29 is 18.3 Å². The van der Waals surface area contributed by atoms with Gasteiger partial charge in [-0.15, -0.1) is 0 Å². The fourth-order valence-corrected chi connectivity index (χ4v) is 3.14. The van der Waals surface area contributed by atoms with Crippen molar-refractivity contribution in [3.05, 3.63) is 64.7 Å². The van der Waals surface area contributed by atoms with E-state index in [1.807, 2.05) is 6.07 Å². The van der Waals surface area contributed by atoms with Crippen LogP contribution in [0.15, 0.2) is 52.5 Å². The second-order valence-corrected chi connectivity index (χ2v) is 6.64. The molecule has 120 valence electrons. The number of hydrogen-bond acceptors (Lipinski definition) is 4. The average molecular weight is 332 g/mol. The third-order valence-corrected chi connectivity index (χ3v) is 4.57. The number of rotatable bonds is 5. The summed E-state index contributed by atoms with van der Waals surface area (Å²) >= 11 is 0. The molecule has 0 unspecified atom stereocenters. The van der Waals surface area contributed by atoms with Gasteiger partial charge in [0.05, 0.1) is 16.7 Å². The Labute approximate surface area is 134 Å². The minimum atomic E-state index is -3.81. The van der Waals surface area contributed by atoms with Crippen molar-refractivity contribution >= 4 is 22.2 Å². The molecule has 23 heavy (non-hydrogen) atoms. The van der Waals surface area contributed by atoms with Gasteiger partial charge in [0.25, 0.3) is 10.0 Å². The highest BCUT2D eigenvalue weighted by molar-refractivity contribution is 7.89. The fraction of sp³-hybridized carbons (Fsp3) is 0.125. The molecule has 2 aromatic carbocycles. The van der Waals surface area contributed by atoms with Crippen LogP contribution < -0.4 is 4.83 Å². The number of hydrazone groups is 1. The summed E-state index contributed by atoms with van der Waals surface area (Å²) in [6, 6.07) is 11.3. The summed E-state index contributed by atoms with van der Waals surface area (Å²) in [4.78, 5) is 13.3. The number of carbonyl (C=O) groups is 1. The number of carboxylic acid groups (broad SMARTS) is 1. The molecule has 2 N–H and O–H groups in total. The van der Waals surface area contributed by atoms with Crippen molar-refractivity contribution in [1.29, 1.82) is 0 Å². The van der Waals surface area contributed by atoms with E-state index in [0.29, 0.717) is 11.1 Å². The molecule has 0 spiro atoms. The van der Waals surface area contributed by atoms with E-state index in [-0.39, 0.29) is 10.5 Å². The average Bonchev–Trinajstić information content (AvgIpc) is 2.49. The third-order valence-electron chi connectivity index (χ3n) is 3.20. The number of hydrogen-bond donors (Lipinski definition) is 2. The number of sulfonamides is 1. The SMILES string of the molecule is Cc1ccc(C)c(S(=O)(=O)N/N=C\c2ccccc2C(=O)O)c1. The molecule has 0 saturated carbocycles. The molecular weight excluding hydrogens is 316 g/mol. The molecule has 2 aromatic rings. The maximum Gasteiger partial charge on any atom is 0.336 e. The Balaban J connectivity index is 2.26. The van der Waals surface area contributed by atoms with E-state index in [0.717, 1.165) is 5.56 Å². The van der Waals surface area contributed by atoms with Crippen LogP contribution in [0.25, 0.3) is 0 Å². The van der Waals surface area contributed by atoms with Crippen molar-refractivity contribution in [1.82, 2.24) is 4.83 Å². The van der Waals surface area contributed by atoms with Crippen LogP contribution in [0.4, 0.5) is 0 Å². The van der Waals surface area contributed by atoms with Gasteiger partial charge in [-0.2, -0.15) is 13.5 Å². The first-order chi connectivity index (χ1) is 10.8. The van der Waals surface area contributed by atoms with Crippen molar-refractivity contribution in [2.45, 2.75) is 18.7 Å². The summed E-state index contributed by atoms with van der Waals surface area (Å²) < 4.78 is 24.5. The Hall–Kier alpha value is -2.67. The molecule has 6 nitrogen and oxygen atoms in total. The number of nitrogens with one attached hydrogen (secondary N) is 1. The molecule has 0 fully saturated rings. The molecule has 0 heterocycles. The Bertz CT molecular complexity index is 873. The summed E-state index contributed by atoms with van der Waals surface area (Å²) in [5.74, 6) is -1.11. The molecule has 0 atom stereocenters. The highest BCUT2D eigenvalue weighted by Crippen LogP contribution is 2.16. The predicted octanol–water partition coefficient (Wildman–Crippen LogP) is 2.31. The standard InChI is InChI=1S/C16H16N2O4S/c1-11-7-8-12(2)15(9-11)23(21,22)18-17-10-13-5-3-4-6-14(13)16(19)20/h3-10,18H,1-2H3,(H,19,20)/b17-10-. The number of nitrogens with zero attached hydrogens (tertiary/aromatic N) is 1. The molecule has 0 radical (unpaired) electrons. The molecule has 2 rings (SSSR count). The van der Waals surface area contributed by atoms with Crippen LogP contribution in [0, 0.1) is 13.8 Å². The molecule has 0 aliphatic rings. The first-order valence-electron chi connectivity index (χ1n) is 6.76. The lowest BCUT2D eigenvalue weighted by molar-refractivity contribution is 0.0696. The maximum atomic E-state index is 12.3. The fourth-order valence-electron chi connectivity index (χ4n) is 2.02. The van der Waals surface area contributed by atoms with Crippen molar-refractivity contribution in [2.75, 3.05) is 0 Å². The minimum Gasteiger partial charge on any atom is -0.478 e.